The molecule has 2 aliphatic heterocycles. The summed E-state index contributed by atoms with van der Waals surface area (Å²) < 4.78 is 0. The number of nitrogens with zero attached hydrogens (tertiary/aromatic N) is 3. The molecule has 5 nitrogen and oxygen atoms in total. The highest BCUT2D eigenvalue weighted by molar-refractivity contribution is 5.80. The molecule has 0 spiro atoms. The third-order valence-electron chi connectivity index (χ3n) is 5.23. The lowest BCUT2D eigenvalue weighted by atomic mass is 10.1. The molecule has 0 radical (unpaired) electrons. The summed E-state index contributed by atoms with van der Waals surface area (Å²) in [5.41, 5.74) is 2.41. The van der Waals surface area contributed by atoms with Crippen molar-refractivity contribution < 1.29 is 9.59 Å². The number of likely N-dealkylation sites (tertiary alicyclic amines) is 1. The summed E-state index contributed by atoms with van der Waals surface area (Å²) in [6, 6.07) is 8.52. The molecule has 3 rings (SSSR count). The van der Waals surface area contributed by atoms with Gasteiger partial charge in [0.2, 0.25) is 11.8 Å². The Morgan fingerprint density at radius 3 is 2.79 bits per heavy atom. The van der Waals surface area contributed by atoms with Gasteiger partial charge in [-0.15, -0.1) is 0 Å². The third-order valence-corrected chi connectivity index (χ3v) is 5.23. The molecular weight excluding hydrogens is 302 g/mol. The molecule has 2 aliphatic rings. The van der Waals surface area contributed by atoms with Gasteiger partial charge < -0.3 is 14.7 Å². The summed E-state index contributed by atoms with van der Waals surface area (Å²) in [5, 5.41) is 0. The second-order valence-electron chi connectivity index (χ2n) is 6.83. The molecule has 5 heteroatoms. The predicted molar refractivity (Wildman–Crippen MR) is 94.8 cm³/mol. The second kappa shape index (κ2) is 7.24. The number of rotatable bonds is 4. The standard InChI is InChI=1S/C19H27N3O2/c1-3-16-14-20(2)17-8-5-4-7-15(17)13-22(16)19(24)10-12-21-11-6-9-18(21)23/h4-5,7-8,16H,3,6,9-14H2,1-2H3/t16-/m1/s1. The Morgan fingerprint density at radius 2 is 2.08 bits per heavy atom. The Hall–Kier alpha value is -2.04. The summed E-state index contributed by atoms with van der Waals surface area (Å²) in [4.78, 5) is 30.7. The summed E-state index contributed by atoms with van der Waals surface area (Å²) in [7, 11) is 2.10. The lowest BCUT2D eigenvalue weighted by Gasteiger charge is -2.31. The molecule has 1 fully saturated rings. The average Bonchev–Trinajstić information content (AvgIpc) is 2.94. The number of para-hydroxylation sites is 1. The third kappa shape index (κ3) is 3.40. The number of likely N-dealkylation sites (N-methyl/N-ethyl adjacent to an activating group) is 1. The summed E-state index contributed by atoms with van der Waals surface area (Å²) in [6.07, 6.45) is 2.92. The lowest BCUT2D eigenvalue weighted by molar-refractivity contribution is -0.135. The molecule has 0 saturated carbocycles. The fourth-order valence-corrected chi connectivity index (χ4v) is 3.80. The number of benzene rings is 1. The number of carbonyl (C=O) groups is 2. The smallest absolute Gasteiger partial charge is 0.224 e. The van der Waals surface area contributed by atoms with Crippen molar-refractivity contribution in [1.29, 1.82) is 0 Å². The van der Waals surface area contributed by atoms with Gasteiger partial charge >= 0.3 is 0 Å². The summed E-state index contributed by atoms with van der Waals surface area (Å²) in [6.45, 7) is 5.00. The van der Waals surface area contributed by atoms with E-state index in [2.05, 4.69) is 31.0 Å². The van der Waals surface area contributed by atoms with E-state index in [4.69, 9.17) is 0 Å². The molecule has 0 N–H and O–H groups in total. The fourth-order valence-electron chi connectivity index (χ4n) is 3.80. The van der Waals surface area contributed by atoms with Crippen molar-refractivity contribution in [3.8, 4) is 0 Å². The second-order valence-corrected chi connectivity index (χ2v) is 6.83. The number of carbonyl (C=O) groups excluding carboxylic acids is 2. The van der Waals surface area contributed by atoms with Crippen LogP contribution in [0, 0.1) is 0 Å². The van der Waals surface area contributed by atoms with Crippen LogP contribution in [0.1, 0.15) is 38.2 Å². The van der Waals surface area contributed by atoms with Gasteiger partial charge in [0.15, 0.2) is 0 Å². The minimum atomic E-state index is 0.159. The molecule has 0 unspecified atom stereocenters. The van der Waals surface area contributed by atoms with E-state index >= 15 is 0 Å². The molecule has 0 bridgehead atoms. The van der Waals surface area contributed by atoms with Crippen molar-refractivity contribution >= 4 is 17.5 Å². The van der Waals surface area contributed by atoms with Gasteiger partial charge in [0.25, 0.3) is 0 Å². The van der Waals surface area contributed by atoms with Crippen molar-refractivity contribution in [2.45, 2.75) is 45.2 Å². The first-order valence-electron chi connectivity index (χ1n) is 8.96. The van der Waals surface area contributed by atoms with E-state index in [9.17, 15) is 9.59 Å². The average molecular weight is 329 g/mol. The molecule has 1 aromatic rings. The molecule has 1 atom stereocenters. The summed E-state index contributed by atoms with van der Waals surface area (Å²) in [5.74, 6) is 0.349. The van der Waals surface area contributed by atoms with Gasteiger partial charge in [-0.3, -0.25) is 9.59 Å². The number of hydrogen-bond donors (Lipinski definition) is 0. The first-order chi connectivity index (χ1) is 11.6. The molecule has 2 heterocycles. The van der Waals surface area contributed by atoms with Gasteiger partial charge in [-0.2, -0.15) is 0 Å². The van der Waals surface area contributed by atoms with Crippen LogP contribution in [0.15, 0.2) is 24.3 Å². The van der Waals surface area contributed by atoms with E-state index in [0.29, 0.717) is 25.9 Å². The minimum absolute atomic E-state index is 0.159. The van der Waals surface area contributed by atoms with E-state index in [1.807, 2.05) is 21.9 Å². The van der Waals surface area contributed by atoms with Crippen molar-refractivity contribution in [2.24, 2.45) is 0 Å². The number of fused-ring (bicyclic) bond motifs is 1. The van der Waals surface area contributed by atoms with Crippen LogP contribution in [-0.4, -0.2) is 54.3 Å². The first kappa shape index (κ1) is 16.8. The molecule has 0 aromatic heterocycles. The van der Waals surface area contributed by atoms with Crippen molar-refractivity contribution in [3.05, 3.63) is 29.8 Å². The maximum Gasteiger partial charge on any atom is 0.224 e. The van der Waals surface area contributed by atoms with Crippen LogP contribution < -0.4 is 4.90 Å². The van der Waals surface area contributed by atoms with E-state index in [-0.39, 0.29) is 17.9 Å². The molecule has 24 heavy (non-hydrogen) atoms. The van der Waals surface area contributed by atoms with Crippen LogP contribution in [0.5, 0.6) is 0 Å². The van der Waals surface area contributed by atoms with E-state index in [1.165, 1.54) is 11.3 Å². The molecule has 1 saturated heterocycles. The largest absolute Gasteiger partial charge is 0.372 e. The summed E-state index contributed by atoms with van der Waals surface area (Å²) >= 11 is 0. The SMILES string of the molecule is CC[C@@H]1CN(C)c2ccccc2CN1C(=O)CCN1CCCC1=O. The van der Waals surface area contributed by atoms with Gasteiger partial charge in [0.1, 0.15) is 0 Å². The normalized spacial score (nSPS) is 21.0. The zero-order valence-corrected chi connectivity index (χ0v) is 14.7. The monoisotopic (exact) mass is 329 g/mol. The maximum absolute atomic E-state index is 12.9. The highest BCUT2D eigenvalue weighted by Crippen LogP contribution is 2.27. The van der Waals surface area contributed by atoms with Crippen molar-refractivity contribution in [1.82, 2.24) is 9.80 Å². The zero-order chi connectivity index (χ0) is 17.1. The molecular formula is C19H27N3O2. The van der Waals surface area contributed by atoms with Crippen LogP contribution in [0.2, 0.25) is 0 Å². The fraction of sp³-hybridized carbons (Fsp3) is 0.579. The van der Waals surface area contributed by atoms with Gasteiger partial charge in [-0.05, 0) is 24.5 Å². The lowest BCUT2D eigenvalue weighted by Crippen LogP contribution is -2.44. The molecule has 1 aromatic carbocycles. The van der Waals surface area contributed by atoms with Crippen molar-refractivity contribution in [2.75, 3.05) is 31.6 Å². The quantitative estimate of drug-likeness (QED) is 0.851. The van der Waals surface area contributed by atoms with Crippen LogP contribution in [0.4, 0.5) is 5.69 Å². The maximum atomic E-state index is 12.9. The minimum Gasteiger partial charge on any atom is -0.372 e. The van der Waals surface area contributed by atoms with Gasteiger partial charge in [0, 0.05) is 57.8 Å². The molecule has 130 valence electrons. The number of anilines is 1. The topological polar surface area (TPSA) is 43.9 Å². The number of amides is 2. The van der Waals surface area contributed by atoms with Crippen LogP contribution >= 0.6 is 0 Å². The number of hydrogen-bond acceptors (Lipinski definition) is 3. The Morgan fingerprint density at radius 1 is 1.29 bits per heavy atom. The Kier molecular flexibility index (Phi) is 5.07. The first-order valence-corrected chi connectivity index (χ1v) is 8.96. The zero-order valence-electron chi connectivity index (χ0n) is 14.7. The Labute approximate surface area is 144 Å². The van der Waals surface area contributed by atoms with Crippen LogP contribution in [0.25, 0.3) is 0 Å². The van der Waals surface area contributed by atoms with Gasteiger partial charge in [-0.25, -0.2) is 0 Å². The van der Waals surface area contributed by atoms with Crippen LogP contribution in [-0.2, 0) is 16.1 Å². The van der Waals surface area contributed by atoms with E-state index in [0.717, 1.165) is 25.9 Å². The Bertz CT molecular complexity index is 616. The van der Waals surface area contributed by atoms with Gasteiger partial charge in [0.05, 0.1) is 0 Å². The van der Waals surface area contributed by atoms with E-state index < -0.39 is 0 Å². The Balaban J connectivity index is 1.72. The van der Waals surface area contributed by atoms with Crippen LogP contribution in [0.3, 0.4) is 0 Å². The molecule has 2 amide bonds. The molecule has 0 aliphatic carbocycles. The highest BCUT2D eigenvalue weighted by Gasteiger charge is 2.29. The highest BCUT2D eigenvalue weighted by atomic mass is 16.2. The predicted octanol–water partition coefficient (Wildman–Crippen LogP) is 2.26. The van der Waals surface area contributed by atoms with Crippen molar-refractivity contribution in [3.63, 3.8) is 0 Å². The van der Waals surface area contributed by atoms with E-state index in [1.54, 1.807) is 0 Å². The van der Waals surface area contributed by atoms with Gasteiger partial charge in [-0.1, -0.05) is 25.1 Å².